The van der Waals surface area contributed by atoms with Crippen molar-refractivity contribution in [1.29, 1.82) is 0 Å². The molecule has 2 rings (SSSR count). The Hall–Kier alpha value is -0.160. The van der Waals surface area contributed by atoms with E-state index in [1.807, 2.05) is 7.05 Å². The number of piperazine rings is 1. The van der Waals surface area contributed by atoms with Crippen molar-refractivity contribution in [1.82, 2.24) is 20.2 Å². The Morgan fingerprint density at radius 3 is 2.23 bits per heavy atom. The van der Waals surface area contributed by atoms with Gasteiger partial charge in [-0.15, -0.1) is 0 Å². The van der Waals surface area contributed by atoms with Crippen molar-refractivity contribution in [3.63, 3.8) is 0 Å². The molecular formula is C9H20N4. The summed E-state index contributed by atoms with van der Waals surface area (Å²) < 4.78 is 0. The zero-order chi connectivity index (χ0) is 9.26. The number of hydrogen-bond acceptors (Lipinski definition) is 4. The van der Waals surface area contributed by atoms with Crippen LogP contribution in [-0.2, 0) is 0 Å². The van der Waals surface area contributed by atoms with Gasteiger partial charge < -0.3 is 4.90 Å². The number of nitrogens with one attached hydrogen (secondary N) is 1. The molecule has 4 nitrogen and oxygen atoms in total. The van der Waals surface area contributed by atoms with Crippen LogP contribution in [0.15, 0.2) is 0 Å². The summed E-state index contributed by atoms with van der Waals surface area (Å²) in [4.78, 5) is 5.03. The first-order valence-corrected chi connectivity index (χ1v) is 5.14. The molecule has 13 heavy (non-hydrogen) atoms. The maximum atomic E-state index is 3.18. The zero-order valence-corrected chi connectivity index (χ0v) is 8.66. The molecule has 2 fully saturated rings. The molecule has 2 saturated heterocycles. The van der Waals surface area contributed by atoms with Crippen molar-refractivity contribution in [2.75, 3.05) is 53.4 Å². The van der Waals surface area contributed by atoms with Gasteiger partial charge in [-0.05, 0) is 14.1 Å². The van der Waals surface area contributed by atoms with Gasteiger partial charge in [-0.3, -0.25) is 10.3 Å². The minimum Gasteiger partial charge on any atom is -0.304 e. The fourth-order valence-electron chi connectivity index (χ4n) is 2.06. The maximum absolute atomic E-state index is 3.18. The number of hydrazine groups is 1. The van der Waals surface area contributed by atoms with Crippen LogP contribution in [-0.4, -0.2) is 74.2 Å². The normalized spacial score (nSPS) is 29.1. The smallest absolute Gasteiger partial charge is 0.0379 e. The van der Waals surface area contributed by atoms with Crippen molar-refractivity contribution in [3.8, 4) is 0 Å². The molecular weight excluding hydrogens is 164 g/mol. The van der Waals surface area contributed by atoms with E-state index in [4.69, 9.17) is 0 Å². The van der Waals surface area contributed by atoms with Crippen LogP contribution >= 0.6 is 0 Å². The Morgan fingerprint density at radius 2 is 1.69 bits per heavy atom. The molecule has 76 valence electrons. The fraction of sp³-hybridized carbons (Fsp3) is 1.00. The molecule has 0 aromatic carbocycles. The van der Waals surface area contributed by atoms with Crippen molar-refractivity contribution < 1.29 is 0 Å². The average Bonchev–Trinajstić information content (AvgIpc) is 2.06. The highest BCUT2D eigenvalue weighted by atomic mass is 15.5. The zero-order valence-electron chi connectivity index (χ0n) is 8.66. The largest absolute Gasteiger partial charge is 0.304 e. The van der Waals surface area contributed by atoms with E-state index < -0.39 is 0 Å². The molecule has 0 amide bonds. The maximum Gasteiger partial charge on any atom is 0.0379 e. The van der Waals surface area contributed by atoms with E-state index >= 15 is 0 Å². The Labute approximate surface area is 80.4 Å². The predicted molar refractivity (Wildman–Crippen MR) is 53.5 cm³/mol. The molecule has 0 radical (unpaired) electrons. The Bertz CT molecular complexity index is 159. The summed E-state index contributed by atoms with van der Waals surface area (Å²) in [6, 6.07) is 0.807. The quantitative estimate of drug-likeness (QED) is 0.597. The molecule has 0 atom stereocenters. The second-order valence-corrected chi connectivity index (χ2v) is 4.12. The van der Waals surface area contributed by atoms with Crippen LogP contribution in [0.1, 0.15) is 0 Å². The molecule has 0 bridgehead atoms. The summed E-state index contributed by atoms with van der Waals surface area (Å²) in [5, 5.41) is 2.27. The van der Waals surface area contributed by atoms with Gasteiger partial charge in [0.25, 0.3) is 0 Å². The third-order valence-electron chi connectivity index (χ3n) is 3.23. The summed E-state index contributed by atoms with van der Waals surface area (Å²) in [6.45, 7) is 7.35. The lowest BCUT2D eigenvalue weighted by Crippen LogP contribution is -2.65. The van der Waals surface area contributed by atoms with Crippen LogP contribution in [0, 0.1) is 0 Å². The fourth-order valence-corrected chi connectivity index (χ4v) is 2.06. The van der Waals surface area contributed by atoms with Gasteiger partial charge in [-0.1, -0.05) is 0 Å². The van der Waals surface area contributed by atoms with E-state index in [-0.39, 0.29) is 0 Å². The highest BCUT2D eigenvalue weighted by molar-refractivity contribution is 4.87. The number of hydrogen-bond donors (Lipinski definition) is 1. The first-order valence-electron chi connectivity index (χ1n) is 5.14. The first kappa shape index (κ1) is 9.40. The standard InChI is InChI=1S/C9H20N4/c1-10-13-7-9(8-13)12-5-3-11(2)4-6-12/h9-10H,3-8H2,1-2H3. The van der Waals surface area contributed by atoms with Gasteiger partial charge in [0.05, 0.1) is 0 Å². The predicted octanol–water partition coefficient (Wildman–Crippen LogP) is -0.948. The van der Waals surface area contributed by atoms with Crippen LogP contribution < -0.4 is 5.43 Å². The van der Waals surface area contributed by atoms with E-state index in [2.05, 4.69) is 27.3 Å². The highest BCUT2D eigenvalue weighted by Gasteiger charge is 2.32. The monoisotopic (exact) mass is 184 g/mol. The Morgan fingerprint density at radius 1 is 1.08 bits per heavy atom. The number of nitrogens with zero attached hydrogens (tertiary/aromatic N) is 3. The topological polar surface area (TPSA) is 21.8 Å². The highest BCUT2D eigenvalue weighted by Crippen LogP contribution is 2.13. The van der Waals surface area contributed by atoms with Gasteiger partial charge in [-0.25, -0.2) is 5.01 Å². The van der Waals surface area contributed by atoms with Crippen molar-refractivity contribution in [3.05, 3.63) is 0 Å². The molecule has 0 spiro atoms. The molecule has 1 N–H and O–H groups in total. The van der Waals surface area contributed by atoms with Gasteiger partial charge >= 0.3 is 0 Å². The second kappa shape index (κ2) is 3.92. The van der Waals surface area contributed by atoms with Gasteiger partial charge in [0.2, 0.25) is 0 Å². The summed E-state index contributed by atoms with van der Waals surface area (Å²) in [6.07, 6.45) is 0. The molecule has 4 heteroatoms. The number of rotatable bonds is 2. The molecule has 2 aliphatic rings. The van der Waals surface area contributed by atoms with Gasteiger partial charge in [0.1, 0.15) is 0 Å². The van der Waals surface area contributed by atoms with Crippen molar-refractivity contribution in [2.24, 2.45) is 0 Å². The van der Waals surface area contributed by atoms with Crippen LogP contribution in [0.25, 0.3) is 0 Å². The Balaban J connectivity index is 1.71. The van der Waals surface area contributed by atoms with Crippen LogP contribution in [0.4, 0.5) is 0 Å². The molecule has 2 heterocycles. The third-order valence-corrected chi connectivity index (χ3v) is 3.23. The van der Waals surface area contributed by atoms with Gasteiger partial charge in [0, 0.05) is 45.3 Å². The van der Waals surface area contributed by atoms with Crippen LogP contribution in [0.2, 0.25) is 0 Å². The Kier molecular flexibility index (Phi) is 2.83. The SMILES string of the molecule is CNN1CC(N2CCN(C)CC2)C1. The van der Waals surface area contributed by atoms with E-state index in [0.717, 1.165) is 6.04 Å². The second-order valence-electron chi connectivity index (χ2n) is 4.12. The average molecular weight is 184 g/mol. The van der Waals surface area contributed by atoms with E-state index in [1.165, 1.54) is 39.3 Å². The summed E-state index contributed by atoms with van der Waals surface area (Å²) in [5.74, 6) is 0. The van der Waals surface area contributed by atoms with Crippen LogP contribution in [0.5, 0.6) is 0 Å². The molecule has 2 aliphatic heterocycles. The summed E-state index contributed by atoms with van der Waals surface area (Å²) in [5.41, 5.74) is 3.18. The van der Waals surface area contributed by atoms with E-state index in [9.17, 15) is 0 Å². The minimum atomic E-state index is 0.807. The van der Waals surface area contributed by atoms with Crippen molar-refractivity contribution >= 4 is 0 Å². The molecule has 0 aliphatic carbocycles. The van der Waals surface area contributed by atoms with Gasteiger partial charge in [-0.2, -0.15) is 0 Å². The lowest BCUT2D eigenvalue weighted by molar-refractivity contribution is -0.0134. The minimum absolute atomic E-state index is 0.807. The molecule has 0 aromatic heterocycles. The molecule has 0 aromatic rings. The lowest BCUT2D eigenvalue weighted by atomic mass is 10.1. The van der Waals surface area contributed by atoms with Crippen LogP contribution in [0.3, 0.4) is 0 Å². The lowest BCUT2D eigenvalue weighted by Gasteiger charge is -2.47. The van der Waals surface area contributed by atoms with E-state index in [0.29, 0.717) is 0 Å². The summed E-state index contributed by atoms with van der Waals surface area (Å²) >= 11 is 0. The first-order chi connectivity index (χ1) is 6.29. The van der Waals surface area contributed by atoms with E-state index in [1.54, 1.807) is 0 Å². The van der Waals surface area contributed by atoms with Crippen molar-refractivity contribution in [2.45, 2.75) is 6.04 Å². The van der Waals surface area contributed by atoms with Gasteiger partial charge in [0.15, 0.2) is 0 Å². The molecule has 0 unspecified atom stereocenters. The number of likely N-dealkylation sites (N-methyl/N-ethyl adjacent to an activating group) is 1. The summed E-state index contributed by atoms with van der Waals surface area (Å²) in [7, 11) is 4.21. The molecule has 0 saturated carbocycles. The third kappa shape index (κ3) is 2.02.